The molecule has 3 aromatic rings. The number of carbonyl (C=O) groups excluding carboxylic acids is 1. The Kier molecular flexibility index (Phi) is 5.27. The van der Waals surface area contributed by atoms with Gasteiger partial charge in [-0.3, -0.25) is 0 Å². The Labute approximate surface area is 170 Å². The number of nitrogens with zero attached hydrogens (tertiary/aromatic N) is 1. The summed E-state index contributed by atoms with van der Waals surface area (Å²) in [4.78, 5) is 14.1. The normalized spacial score (nSPS) is 14.4. The number of thiophene rings is 1. The van der Waals surface area contributed by atoms with Crippen molar-refractivity contribution in [1.29, 1.82) is 0 Å². The molecule has 5 heteroatoms. The number of anilines is 1. The predicted octanol–water partition coefficient (Wildman–Crippen LogP) is 5.92. The number of aromatic nitrogens is 1. The molecule has 1 aliphatic rings. The Bertz CT molecular complexity index is 988. The first-order valence-corrected chi connectivity index (χ1v) is 10.8. The third kappa shape index (κ3) is 3.72. The number of hydrogen-bond donors (Lipinski definition) is 2. The highest BCUT2D eigenvalue weighted by atomic mass is 32.1. The van der Waals surface area contributed by atoms with Crippen molar-refractivity contribution in [2.75, 3.05) is 5.32 Å². The lowest BCUT2D eigenvalue weighted by molar-refractivity contribution is 0.249. The Balaban J connectivity index is 1.57. The average Bonchev–Trinajstić information content (AvgIpc) is 3.31. The predicted molar refractivity (Wildman–Crippen MR) is 117 cm³/mol. The summed E-state index contributed by atoms with van der Waals surface area (Å²) in [6, 6.07) is 9.88. The van der Waals surface area contributed by atoms with Gasteiger partial charge in [0.05, 0.1) is 6.04 Å². The van der Waals surface area contributed by atoms with Crippen molar-refractivity contribution in [1.82, 2.24) is 9.88 Å². The summed E-state index contributed by atoms with van der Waals surface area (Å²) in [5, 5.41) is 7.38. The third-order valence-electron chi connectivity index (χ3n) is 5.58. The van der Waals surface area contributed by atoms with Crippen molar-refractivity contribution < 1.29 is 4.79 Å². The second kappa shape index (κ2) is 7.84. The van der Waals surface area contributed by atoms with Gasteiger partial charge < -0.3 is 15.2 Å². The van der Waals surface area contributed by atoms with E-state index >= 15 is 0 Å². The average molecular weight is 394 g/mol. The van der Waals surface area contributed by atoms with E-state index in [9.17, 15) is 4.79 Å². The van der Waals surface area contributed by atoms with Crippen molar-refractivity contribution in [3.8, 4) is 5.00 Å². The number of hydrogen-bond acceptors (Lipinski definition) is 2. The van der Waals surface area contributed by atoms with Gasteiger partial charge in [0, 0.05) is 28.5 Å². The molecule has 2 heterocycles. The molecule has 2 N–H and O–H groups in total. The molecule has 146 valence electrons. The first-order valence-electron chi connectivity index (χ1n) is 9.95. The summed E-state index contributed by atoms with van der Waals surface area (Å²) < 4.78 is 2.18. The number of fused-ring (bicyclic) bond motifs is 1. The zero-order valence-corrected chi connectivity index (χ0v) is 17.5. The van der Waals surface area contributed by atoms with Crippen molar-refractivity contribution in [3.63, 3.8) is 0 Å². The topological polar surface area (TPSA) is 46.1 Å². The van der Waals surface area contributed by atoms with Gasteiger partial charge in [-0.2, -0.15) is 0 Å². The lowest BCUT2D eigenvalue weighted by Gasteiger charge is -2.20. The zero-order chi connectivity index (χ0) is 19.7. The van der Waals surface area contributed by atoms with E-state index in [1.165, 1.54) is 45.0 Å². The van der Waals surface area contributed by atoms with Gasteiger partial charge in [-0.1, -0.05) is 6.07 Å². The Hall–Kier alpha value is -2.53. The van der Waals surface area contributed by atoms with Crippen LogP contribution in [0.3, 0.4) is 0 Å². The lowest BCUT2D eigenvalue weighted by atomic mass is 9.93. The summed E-state index contributed by atoms with van der Waals surface area (Å²) >= 11 is 1.87. The smallest absolute Gasteiger partial charge is 0.319 e. The number of rotatable bonds is 4. The molecular formula is C23H27N3OS. The van der Waals surface area contributed by atoms with E-state index < -0.39 is 0 Å². The van der Waals surface area contributed by atoms with Crippen LogP contribution in [0.5, 0.6) is 0 Å². The molecule has 2 aromatic heterocycles. The Morgan fingerprint density at radius 3 is 2.61 bits per heavy atom. The van der Waals surface area contributed by atoms with Crippen LogP contribution in [-0.4, -0.2) is 10.6 Å². The molecule has 4 rings (SSSR count). The van der Waals surface area contributed by atoms with Gasteiger partial charge in [0.2, 0.25) is 0 Å². The largest absolute Gasteiger partial charge is 0.331 e. The molecule has 0 saturated carbocycles. The lowest BCUT2D eigenvalue weighted by Crippen LogP contribution is -2.32. The standard InChI is InChI=1S/C23H27N3OS/c1-15-10-11-18(14-16(15)2)25-23(27)24-17(3)21-19-8-4-5-9-20(19)28-22(21)26-12-6-7-13-26/h6-7,10-14,17H,4-5,8-9H2,1-3H3,(H2,24,25,27). The third-order valence-corrected chi connectivity index (χ3v) is 6.90. The molecule has 0 radical (unpaired) electrons. The summed E-state index contributed by atoms with van der Waals surface area (Å²) in [6.07, 6.45) is 8.91. The highest BCUT2D eigenvalue weighted by Crippen LogP contribution is 2.40. The van der Waals surface area contributed by atoms with E-state index in [1.54, 1.807) is 0 Å². The van der Waals surface area contributed by atoms with E-state index in [4.69, 9.17) is 0 Å². The van der Waals surface area contributed by atoms with E-state index in [2.05, 4.69) is 48.4 Å². The second-order valence-corrected chi connectivity index (χ2v) is 8.72. The van der Waals surface area contributed by atoms with Gasteiger partial charge in [0.25, 0.3) is 0 Å². The Morgan fingerprint density at radius 2 is 1.86 bits per heavy atom. The zero-order valence-electron chi connectivity index (χ0n) is 16.7. The molecule has 1 unspecified atom stereocenters. The number of urea groups is 1. The summed E-state index contributed by atoms with van der Waals surface area (Å²) in [5.41, 5.74) is 5.93. The van der Waals surface area contributed by atoms with E-state index in [-0.39, 0.29) is 12.1 Å². The number of carbonyl (C=O) groups is 1. The molecule has 0 saturated heterocycles. The summed E-state index contributed by atoms with van der Waals surface area (Å²) in [5.74, 6) is 0. The fourth-order valence-electron chi connectivity index (χ4n) is 3.94. The van der Waals surface area contributed by atoms with Gasteiger partial charge in [-0.25, -0.2) is 4.79 Å². The van der Waals surface area contributed by atoms with Crippen LogP contribution in [0.2, 0.25) is 0 Å². The van der Waals surface area contributed by atoms with Crippen molar-refractivity contribution in [2.45, 2.75) is 52.5 Å². The summed E-state index contributed by atoms with van der Waals surface area (Å²) in [7, 11) is 0. The van der Waals surface area contributed by atoms with Crippen LogP contribution in [0.1, 0.15) is 52.9 Å². The molecule has 4 nitrogen and oxygen atoms in total. The monoisotopic (exact) mass is 393 g/mol. The van der Waals surface area contributed by atoms with Crippen LogP contribution >= 0.6 is 11.3 Å². The maximum absolute atomic E-state index is 12.7. The maximum atomic E-state index is 12.7. The van der Waals surface area contributed by atoms with Crippen LogP contribution in [0.25, 0.3) is 5.00 Å². The Morgan fingerprint density at radius 1 is 1.11 bits per heavy atom. The van der Waals surface area contributed by atoms with Gasteiger partial charge in [-0.05, 0) is 87.4 Å². The number of amides is 2. The molecular weight excluding hydrogens is 366 g/mol. The molecule has 0 spiro atoms. The highest BCUT2D eigenvalue weighted by molar-refractivity contribution is 7.15. The maximum Gasteiger partial charge on any atom is 0.319 e. The number of benzene rings is 1. The molecule has 0 aliphatic heterocycles. The van der Waals surface area contributed by atoms with Gasteiger partial charge in [0.1, 0.15) is 5.00 Å². The van der Waals surface area contributed by atoms with Crippen molar-refractivity contribution >= 4 is 23.1 Å². The SMILES string of the molecule is Cc1ccc(NC(=O)NC(C)c2c(-n3cccc3)sc3c2CCCC3)cc1C. The van der Waals surface area contributed by atoms with Gasteiger partial charge >= 0.3 is 6.03 Å². The van der Waals surface area contributed by atoms with Gasteiger partial charge in [0.15, 0.2) is 0 Å². The first-order chi connectivity index (χ1) is 13.5. The number of nitrogens with one attached hydrogen (secondary N) is 2. The minimum atomic E-state index is -0.162. The van der Waals surface area contributed by atoms with E-state index in [1.807, 2.05) is 41.7 Å². The molecule has 0 bridgehead atoms. The minimum Gasteiger partial charge on any atom is -0.331 e. The van der Waals surface area contributed by atoms with Crippen molar-refractivity contribution in [3.05, 3.63) is 69.9 Å². The van der Waals surface area contributed by atoms with Crippen LogP contribution < -0.4 is 10.6 Å². The fourth-order valence-corrected chi connectivity index (χ4v) is 5.39. The highest BCUT2D eigenvalue weighted by Gasteiger charge is 2.25. The van der Waals surface area contributed by atoms with Crippen molar-refractivity contribution in [2.24, 2.45) is 0 Å². The molecule has 28 heavy (non-hydrogen) atoms. The summed E-state index contributed by atoms with van der Waals surface area (Å²) in [6.45, 7) is 6.22. The van der Waals surface area contributed by atoms with Crippen LogP contribution in [0, 0.1) is 13.8 Å². The number of aryl methyl sites for hydroxylation is 3. The molecule has 1 aromatic carbocycles. The van der Waals surface area contributed by atoms with Crippen LogP contribution in [0.4, 0.5) is 10.5 Å². The molecule has 0 fully saturated rings. The molecule has 2 amide bonds. The second-order valence-electron chi connectivity index (χ2n) is 7.64. The molecule has 1 atom stereocenters. The molecule has 1 aliphatic carbocycles. The first kappa shape index (κ1) is 18.8. The van der Waals surface area contributed by atoms with Gasteiger partial charge in [-0.15, -0.1) is 11.3 Å². The minimum absolute atomic E-state index is 0.0537. The van der Waals surface area contributed by atoms with Crippen LogP contribution in [-0.2, 0) is 12.8 Å². The van der Waals surface area contributed by atoms with E-state index in [0.717, 1.165) is 18.5 Å². The van der Waals surface area contributed by atoms with Crippen LogP contribution in [0.15, 0.2) is 42.7 Å². The fraction of sp³-hybridized carbons (Fsp3) is 0.348. The quantitative estimate of drug-likeness (QED) is 0.568. The van der Waals surface area contributed by atoms with E-state index in [0.29, 0.717) is 0 Å².